The average Bonchev–Trinajstić information content (AvgIpc) is 2.96. The number of ether oxygens (including phenoxy) is 6. The maximum atomic E-state index is 12.9. The molecular weight excluding hydrogens is 516 g/mol. The fourth-order valence-electron chi connectivity index (χ4n) is 3.52. The van der Waals surface area contributed by atoms with Crippen LogP contribution in [0.4, 0.5) is 0 Å². The van der Waals surface area contributed by atoms with Gasteiger partial charge in [0.2, 0.25) is 0 Å². The first-order valence-electron chi connectivity index (χ1n) is 13.4. The Hall–Kier alpha value is -2.86. The fraction of sp³-hybridized carbons (Fsp3) is 0.533. The number of benzene rings is 2. The van der Waals surface area contributed by atoms with Gasteiger partial charge in [-0.15, -0.1) is 0 Å². The highest BCUT2D eigenvalue weighted by atomic mass is 16.6. The molecule has 0 N–H and O–H groups in total. The zero-order chi connectivity index (χ0) is 29.0. The van der Waals surface area contributed by atoms with Crippen molar-refractivity contribution in [3.8, 4) is 0 Å². The minimum atomic E-state index is -1.13. The van der Waals surface area contributed by atoms with Crippen molar-refractivity contribution in [1.29, 1.82) is 0 Å². The molecule has 10 heteroatoms. The van der Waals surface area contributed by atoms with Crippen molar-refractivity contribution >= 4 is 11.8 Å². The summed E-state index contributed by atoms with van der Waals surface area (Å²) in [5, 5.41) is 0. The van der Waals surface area contributed by atoms with E-state index in [1.165, 1.54) is 9.80 Å². The first kappa shape index (κ1) is 33.3. The molecule has 0 radical (unpaired) electrons. The molecule has 2 amide bonds. The lowest BCUT2D eigenvalue weighted by Crippen LogP contribution is -2.52. The molecule has 40 heavy (non-hydrogen) atoms. The Balaban J connectivity index is 1.73. The van der Waals surface area contributed by atoms with Crippen molar-refractivity contribution in [1.82, 2.24) is 9.80 Å². The first-order chi connectivity index (χ1) is 19.4. The van der Waals surface area contributed by atoms with Crippen molar-refractivity contribution in [2.75, 3.05) is 81.0 Å². The van der Waals surface area contributed by atoms with Gasteiger partial charge in [-0.3, -0.25) is 9.59 Å². The van der Waals surface area contributed by atoms with E-state index in [2.05, 4.69) is 0 Å². The predicted octanol–water partition coefficient (Wildman–Crippen LogP) is 2.40. The van der Waals surface area contributed by atoms with Crippen LogP contribution in [0, 0.1) is 0 Å². The molecule has 0 aliphatic rings. The van der Waals surface area contributed by atoms with Crippen LogP contribution >= 0.6 is 0 Å². The van der Waals surface area contributed by atoms with Crippen LogP contribution in [0.1, 0.15) is 11.1 Å². The van der Waals surface area contributed by atoms with Crippen LogP contribution in [-0.4, -0.2) is 115 Å². The van der Waals surface area contributed by atoms with Gasteiger partial charge in [-0.2, -0.15) is 0 Å². The SMILES string of the molecule is CN(C)C(=O)[C@H](OCCOCCOCc1ccccc1)[C@@H](OCCOCCOCc1ccccc1)C(=O)N(C)C. The van der Waals surface area contributed by atoms with Crippen molar-refractivity contribution < 1.29 is 38.0 Å². The highest BCUT2D eigenvalue weighted by Gasteiger charge is 2.37. The highest BCUT2D eigenvalue weighted by molar-refractivity contribution is 5.90. The third kappa shape index (κ3) is 13.5. The zero-order valence-corrected chi connectivity index (χ0v) is 24.2. The summed E-state index contributed by atoms with van der Waals surface area (Å²) in [6, 6.07) is 19.8. The van der Waals surface area contributed by atoms with Gasteiger partial charge >= 0.3 is 0 Å². The molecule has 222 valence electrons. The molecule has 0 bridgehead atoms. The molecule has 0 aromatic heterocycles. The zero-order valence-electron chi connectivity index (χ0n) is 24.2. The summed E-state index contributed by atoms with van der Waals surface area (Å²) in [7, 11) is 6.42. The van der Waals surface area contributed by atoms with Gasteiger partial charge in [-0.25, -0.2) is 0 Å². The van der Waals surface area contributed by atoms with E-state index in [1.54, 1.807) is 28.2 Å². The Labute approximate surface area is 238 Å². The Bertz CT molecular complexity index is 866. The number of hydrogen-bond donors (Lipinski definition) is 0. The lowest BCUT2D eigenvalue weighted by Gasteiger charge is -2.29. The lowest BCUT2D eigenvalue weighted by atomic mass is 10.1. The fourth-order valence-corrected chi connectivity index (χ4v) is 3.52. The molecule has 2 aromatic rings. The van der Waals surface area contributed by atoms with Crippen molar-refractivity contribution in [3.05, 3.63) is 71.8 Å². The number of amides is 2. The molecule has 2 aromatic carbocycles. The molecule has 0 fully saturated rings. The maximum Gasteiger partial charge on any atom is 0.254 e. The number of carbonyl (C=O) groups excluding carboxylic acids is 2. The Kier molecular flexibility index (Phi) is 16.7. The maximum absolute atomic E-state index is 12.9. The van der Waals surface area contributed by atoms with Gasteiger partial charge in [0.1, 0.15) is 0 Å². The Morgan fingerprint density at radius 1 is 0.525 bits per heavy atom. The Morgan fingerprint density at radius 3 is 1.20 bits per heavy atom. The third-order valence-electron chi connectivity index (χ3n) is 5.66. The summed E-state index contributed by atoms with van der Waals surface area (Å²) in [5.41, 5.74) is 2.18. The summed E-state index contributed by atoms with van der Waals surface area (Å²) < 4.78 is 34.0. The van der Waals surface area contributed by atoms with Gasteiger partial charge in [0.25, 0.3) is 11.8 Å². The molecule has 2 atom stereocenters. The van der Waals surface area contributed by atoms with E-state index in [1.807, 2.05) is 60.7 Å². The molecule has 0 heterocycles. The summed E-state index contributed by atoms with van der Waals surface area (Å²) >= 11 is 0. The van der Waals surface area contributed by atoms with Gasteiger partial charge in [0.15, 0.2) is 12.2 Å². The topological polar surface area (TPSA) is 96.0 Å². The summed E-state index contributed by atoms with van der Waals surface area (Å²) in [6.07, 6.45) is -2.26. The normalized spacial score (nSPS) is 12.6. The number of nitrogens with zero attached hydrogens (tertiary/aromatic N) is 2. The van der Waals surface area contributed by atoms with Crippen LogP contribution in [0.5, 0.6) is 0 Å². The first-order valence-corrected chi connectivity index (χ1v) is 13.4. The summed E-state index contributed by atoms with van der Waals surface area (Å²) in [4.78, 5) is 28.6. The summed E-state index contributed by atoms with van der Waals surface area (Å²) in [6.45, 7) is 3.33. The van der Waals surface area contributed by atoms with E-state index in [9.17, 15) is 9.59 Å². The van der Waals surface area contributed by atoms with Crippen LogP contribution in [0.25, 0.3) is 0 Å². The van der Waals surface area contributed by atoms with Crippen LogP contribution in [0.15, 0.2) is 60.7 Å². The van der Waals surface area contributed by atoms with Crippen LogP contribution in [0.2, 0.25) is 0 Å². The van der Waals surface area contributed by atoms with Crippen molar-refractivity contribution in [2.45, 2.75) is 25.4 Å². The summed E-state index contributed by atoms with van der Waals surface area (Å²) in [5.74, 6) is -0.747. The molecule has 10 nitrogen and oxygen atoms in total. The van der Waals surface area contributed by atoms with E-state index in [0.717, 1.165) is 11.1 Å². The van der Waals surface area contributed by atoms with Crippen LogP contribution in [0.3, 0.4) is 0 Å². The second kappa shape index (κ2) is 20.1. The molecule has 2 rings (SSSR count). The lowest BCUT2D eigenvalue weighted by molar-refractivity contribution is -0.169. The monoisotopic (exact) mass is 560 g/mol. The number of rotatable bonds is 21. The second-order valence-electron chi connectivity index (χ2n) is 9.35. The number of hydrogen-bond acceptors (Lipinski definition) is 8. The van der Waals surface area contributed by atoms with E-state index in [0.29, 0.717) is 39.6 Å². The van der Waals surface area contributed by atoms with E-state index in [-0.39, 0.29) is 38.2 Å². The van der Waals surface area contributed by atoms with E-state index < -0.39 is 12.2 Å². The molecule has 0 aliphatic heterocycles. The predicted molar refractivity (Wildman–Crippen MR) is 151 cm³/mol. The molecule has 0 unspecified atom stereocenters. The molecule has 0 saturated carbocycles. The van der Waals surface area contributed by atoms with Gasteiger partial charge in [-0.05, 0) is 11.1 Å². The quantitative estimate of drug-likeness (QED) is 0.215. The average molecular weight is 561 g/mol. The minimum absolute atomic E-state index is 0.110. The molecule has 0 saturated heterocycles. The smallest absolute Gasteiger partial charge is 0.254 e. The second-order valence-corrected chi connectivity index (χ2v) is 9.35. The molecule has 0 aliphatic carbocycles. The van der Waals surface area contributed by atoms with Crippen molar-refractivity contribution in [2.24, 2.45) is 0 Å². The van der Waals surface area contributed by atoms with Gasteiger partial charge < -0.3 is 38.2 Å². The number of carbonyl (C=O) groups is 2. The highest BCUT2D eigenvalue weighted by Crippen LogP contribution is 2.11. The third-order valence-corrected chi connectivity index (χ3v) is 5.66. The van der Waals surface area contributed by atoms with Gasteiger partial charge in [0.05, 0.1) is 66.1 Å². The number of likely N-dealkylation sites (N-methyl/N-ethyl adjacent to an activating group) is 2. The van der Waals surface area contributed by atoms with E-state index in [4.69, 9.17) is 28.4 Å². The van der Waals surface area contributed by atoms with Gasteiger partial charge in [0, 0.05) is 28.2 Å². The Morgan fingerprint density at radius 2 is 0.850 bits per heavy atom. The standard InChI is InChI=1S/C30H44N2O8/c1-31(2)29(33)27(39-21-19-35-15-17-37-23-25-11-7-5-8-12-25)28(30(34)32(3)4)40-22-20-36-16-18-38-24-26-13-9-6-10-14-26/h5-14,27-28H,15-24H2,1-4H3/t27-,28-/m1/s1. The van der Waals surface area contributed by atoms with Crippen LogP contribution in [-0.2, 0) is 51.2 Å². The van der Waals surface area contributed by atoms with E-state index >= 15 is 0 Å². The largest absolute Gasteiger partial charge is 0.377 e. The molecule has 0 spiro atoms. The van der Waals surface area contributed by atoms with Gasteiger partial charge in [-0.1, -0.05) is 60.7 Å². The minimum Gasteiger partial charge on any atom is -0.377 e. The van der Waals surface area contributed by atoms with Crippen molar-refractivity contribution in [3.63, 3.8) is 0 Å². The van der Waals surface area contributed by atoms with Crippen LogP contribution < -0.4 is 0 Å². The molecular formula is C30H44N2O8.